The zero-order valence-corrected chi connectivity index (χ0v) is 13.3. The van der Waals surface area contributed by atoms with Crippen molar-refractivity contribution in [3.63, 3.8) is 0 Å². The average molecular weight is 355 g/mol. The van der Waals surface area contributed by atoms with Gasteiger partial charge in [-0.2, -0.15) is 0 Å². The normalized spacial score (nSPS) is 11.3. The van der Waals surface area contributed by atoms with Crippen LogP contribution < -0.4 is 10.5 Å². The highest BCUT2D eigenvalue weighted by molar-refractivity contribution is 9.10. The summed E-state index contributed by atoms with van der Waals surface area (Å²) < 4.78 is 27.6. The summed E-state index contributed by atoms with van der Waals surface area (Å²) >= 11 is 3.33. The summed E-state index contributed by atoms with van der Waals surface area (Å²) in [5.74, 6) is -0.113. The van der Waals surface area contributed by atoms with Crippen LogP contribution in [0.3, 0.4) is 0 Å². The van der Waals surface area contributed by atoms with Crippen molar-refractivity contribution in [3.8, 4) is 0 Å². The Kier molecular flexibility index (Phi) is 4.35. The lowest BCUT2D eigenvalue weighted by molar-refractivity contribution is 0.600. The van der Waals surface area contributed by atoms with Crippen molar-refractivity contribution in [3.05, 3.63) is 58.1 Å². The summed E-state index contributed by atoms with van der Waals surface area (Å²) in [5, 5.41) is 0. The molecule has 2 rings (SSSR count). The summed E-state index contributed by atoms with van der Waals surface area (Å²) in [6.07, 6.45) is 0. The molecule has 3 N–H and O–H groups in total. The van der Waals surface area contributed by atoms with Crippen LogP contribution in [0.1, 0.15) is 11.1 Å². The Bertz CT molecular complexity index is 730. The molecule has 0 saturated heterocycles. The highest BCUT2D eigenvalue weighted by Gasteiger charge is 2.13. The van der Waals surface area contributed by atoms with Gasteiger partial charge in [0, 0.05) is 10.2 Å². The quantitative estimate of drug-likeness (QED) is 0.827. The maximum absolute atomic E-state index is 12.2. The van der Waals surface area contributed by atoms with Gasteiger partial charge in [-0.3, -0.25) is 4.72 Å². The van der Waals surface area contributed by atoms with Crippen molar-refractivity contribution < 1.29 is 8.42 Å². The van der Waals surface area contributed by atoms with Gasteiger partial charge in [0.25, 0.3) is 0 Å². The molecule has 20 heavy (non-hydrogen) atoms. The van der Waals surface area contributed by atoms with Gasteiger partial charge in [-0.1, -0.05) is 18.2 Å². The molecule has 106 valence electrons. The fourth-order valence-electron chi connectivity index (χ4n) is 1.82. The van der Waals surface area contributed by atoms with Gasteiger partial charge in [0.2, 0.25) is 10.0 Å². The van der Waals surface area contributed by atoms with Crippen LogP contribution in [0.2, 0.25) is 0 Å². The van der Waals surface area contributed by atoms with Crippen molar-refractivity contribution in [1.29, 1.82) is 0 Å². The number of anilines is 2. The minimum atomic E-state index is -3.48. The Labute approximate surface area is 127 Å². The number of nitrogens with two attached hydrogens (primary N) is 1. The van der Waals surface area contributed by atoms with Crippen LogP contribution in [0.15, 0.2) is 46.9 Å². The molecule has 0 bridgehead atoms. The molecule has 6 heteroatoms. The lowest BCUT2D eigenvalue weighted by Crippen LogP contribution is -2.15. The number of hydrogen-bond donors (Lipinski definition) is 2. The number of rotatable bonds is 4. The van der Waals surface area contributed by atoms with E-state index in [2.05, 4.69) is 20.7 Å². The Hall–Kier alpha value is -1.53. The van der Waals surface area contributed by atoms with Crippen molar-refractivity contribution in [2.24, 2.45) is 0 Å². The number of hydrogen-bond acceptors (Lipinski definition) is 3. The Balaban J connectivity index is 2.21. The number of nitrogens with one attached hydrogen (secondary N) is 1. The Morgan fingerprint density at radius 3 is 2.65 bits per heavy atom. The third kappa shape index (κ3) is 3.98. The van der Waals surface area contributed by atoms with Crippen LogP contribution in [-0.4, -0.2) is 8.42 Å². The van der Waals surface area contributed by atoms with Gasteiger partial charge in [-0.25, -0.2) is 8.42 Å². The van der Waals surface area contributed by atoms with Gasteiger partial charge in [0.05, 0.1) is 11.4 Å². The minimum Gasteiger partial charge on any atom is -0.399 e. The van der Waals surface area contributed by atoms with Gasteiger partial charge in [0.1, 0.15) is 0 Å². The number of sulfonamides is 1. The topological polar surface area (TPSA) is 72.2 Å². The number of benzene rings is 2. The standard InChI is InChI=1S/C14H15BrN2O2S/c1-10-5-6-13(15)14(7-10)17-20(18,19)9-11-3-2-4-12(16)8-11/h2-8,17H,9,16H2,1H3. The molecule has 0 atom stereocenters. The predicted octanol–water partition coefficient (Wildman–Crippen LogP) is 3.28. The van der Waals surface area contributed by atoms with E-state index >= 15 is 0 Å². The third-order valence-corrected chi connectivity index (χ3v) is 4.63. The van der Waals surface area contributed by atoms with Crippen LogP contribution >= 0.6 is 15.9 Å². The van der Waals surface area contributed by atoms with Crippen LogP contribution in [0.5, 0.6) is 0 Å². The van der Waals surface area contributed by atoms with Crippen molar-refractivity contribution in [2.45, 2.75) is 12.7 Å². The second-order valence-electron chi connectivity index (χ2n) is 4.59. The molecule has 0 aromatic heterocycles. The summed E-state index contributed by atoms with van der Waals surface area (Å²) in [6, 6.07) is 12.4. The lowest BCUT2D eigenvalue weighted by Gasteiger charge is -2.11. The molecule has 2 aromatic rings. The number of aryl methyl sites for hydroxylation is 1. The second kappa shape index (κ2) is 5.85. The molecule has 0 amide bonds. The SMILES string of the molecule is Cc1ccc(Br)c(NS(=O)(=O)Cc2cccc(N)c2)c1. The van der Waals surface area contributed by atoms with E-state index in [1.54, 1.807) is 30.3 Å². The molecule has 0 spiro atoms. The molecule has 0 aliphatic rings. The van der Waals surface area contributed by atoms with Gasteiger partial charge in [-0.05, 0) is 58.2 Å². The molecule has 0 aliphatic heterocycles. The Morgan fingerprint density at radius 1 is 1.20 bits per heavy atom. The number of halogens is 1. The maximum Gasteiger partial charge on any atom is 0.236 e. The smallest absolute Gasteiger partial charge is 0.236 e. The molecule has 0 unspecified atom stereocenters. The molecule has 0 radical (unpaired) electrons. The van der Waals surface area contributed by atoms with Crippen molar-refractivity contribution in [1.82, 2.24) is 0 Å². The average Bonchev–Trinajstić information content (AvgIpc) is 2.33. The van der Waals surface area contributed by atoms with E-state index < -0.39 is 10.0 Å². The second-order valence-corrected chi connectivity index (χ2v) is 7.17. The minimum absolute atomic E-state index is 0.113. The zero-order valence-electron chi connectivity index (χ0n) is 10.9. The summed E-state index contributed by atoms with van der Waals surface area (Å²) in [6.45, 7) is 1.90. The fourth-order valence-corrected chi connectivity index (χ4v) is 3.49. The molecule has 0 aliphatic carbocycles. The predicted molar refractivity (Wildman–Crippen MR) is 86.0 cm³/mol. The monoisotopic (exact) mass is 354 g/mol. The van der Waals surface area contributed by atoms with Crippen LogP contribution in [-0.2, 0) is 15.8 Å². The van der Waals surface area contributed by atoms with Crippen LogP contribution in [0, 0.1) is 6.92 Å². The molecular formula is C14H15BrN2O2S. The first-order chi connectivity index (χ1) is 9.35. The van der Waals surface area contributed by atoms with E-state index in [-0.39, 0.29) is 5.75 Å². The van der Waals surface area contributed by atoms with Crippen LogP contribution in [0.25, 0.3) is 0 Å². The molecule has 0 heterocycles. The molecule has 4 nitrogen and oxygen atoms in total. The first kappa shape index (κ1) is 14.9. The largest absolute Gasteiger partial charge is 0.399 e. The van der Waals surface area contributed by atoms with E-state index in [0.717, 1.165) is 5.56 Å². The first-order valence-corrected chi connectivity index (χ1v) is 8.41. The van der Waals surface area contributed by atoms with Crippen LogP contribution in [0.4, 0.5) is 11.4 Å². The first-order valence-electron chi connectivity index (χ1n) is 5.97. The van der Waals surface area contributed by atoms with E-state index in [1.807, 2.05) is 19.1 Å². The van der Waals surface area contributed by atoms with Gasteiger partial charge in [0.15, 0.2) is 0 Å². The maximum atomic E-state index is 12.2. The summed E-state index contributed by atoms with van der Waals surface area (Å²) in [4.78, 5) is 0. The van der Waals surface area contributed by atoms with Gasteiger partial charge in [-0.15, -0.1) is 0 Å². The third-order valence-electron chi connectivity index (χ3n) is 2.70. The van der Waals surface area contributed by atoms with Crippen molar-refractivity contribution in [2.75, 3.05) is 10.5 Å². The summed E-state index contributed by atoms with van der Waals surface area (Å²) in [5.41, 5.74) is 8.37. The summed E-state index contributed by atoms with van der Waals surface area (Å²) in [7, 11) is -3.48. The highest BCUT2D eigenvalue weighted by atomic mass is 79.9. The molecule has 2 aromatic carbocycles. The van der Waals surface area contributed by atoms with E-state index in [1.165, 1.54) is 0 Å². The van der Waals surface area contributed by atoms with E-state index in [9.17, 15) is 8.42 Å². The lowest BCUT2D eigenvalue weighted by atomic mass is 10.2. The Morgan fingerprint density at radius 2 is 1.95 bits per heavy atom. The molecular weight excluding hydrogens is 340 g/mol. The fraction of sp³-hybridized carbons (Fsp3) is 0.143. The van der Waals surface area contributed by atoms with E-state index in [4.69, 9.17) is 5.73 Å². The zero-order chi connectivity index (χ0) is 14.8. The van der Waals surface area contributed by atoms with Gasteiger partial charge >= 0.3 is 0 Å². The molecule has 0 saturated carbocycles. The molecule has 0 fully saturated rings. The van der Waals surface area contributed by atoms with Crippen molar-refractivity contribution >= 4 is 37.3 Å². The highest BCUT2D eigenvalue weighted by Crippen LogP contribution is 2.25. The van der Waals surface area contributed by atoms with E-state index in [0.29, 0.717) is 21.4 Å². The number of nitrogen functional groups attached to an aromatic ring is 1. The van der Waals surface area contributed by atoms with Gasteiger partial charge < -0.3 is 5.73 Å².